The molecule has 0 spiro atoms. The summed E-state index contributed by atoms with van der Waals surface area (Å²) in [5, 5.41) is 23.7. The summed E-state index contributed by atoms with van der Waals surface area (Å²) in [4.78, 5) is 17.8. The highest BCUT2D eigenvalue weighted by atomic mass is 16.4. The van der Waals surface area contributed by atoms with Crippen LogP contribution in [0.1, 0.15) is 29.6 Å². The number of pyridine rings is 1. The van der Waals surface area contributed by atoms with Crippen molar-refractivity contribution in [2.75, 3.05) is 18.1 Å². The van der Waals surface area contributed by atoms with Crippen LogP contribution in [0.2, 0.25) is 0 Å². The standard InChI is InChI=1S/C14H18N4O3/c1-17-13-10(8-16-17)12(11(7-15-13)14(20)21)18(5-6-19)9-3-2-4-9/h7-9,19H,2-6H2,1H3,(H,20,21). The van der Waals surface area contributed by atoms with Crippen LogP contribution in [0.25, 0.3) is 11.0 Å². The summed E-state index contributed by atoms with van der Waals surface area (Å²) >= 11 is 0. The number of nitrogens with zero attached hydrogens (tertiary/aromatic N) is 4. The van der Waals surface area contributed by atoms with Gasteiger partial charge in [-0.05, 0) is 19.3 Å². The van der Waals surface area contributed by atoms with Crippen molar-refractivity contribution < 1.29 is 15.0 Å². The Balaban J connectivity index is 2.20. The molecule has 7 heteroatoms. The highest BCUT2D eigenvalue weighted by molar-refractivity contribution is 6.03. The van der Waals surface area contributed by atoms with Gasteiger partial charge in [-0.15, -0.1) is 0 Å². The van der Waals surface area contributed by atoms with Gasteiger partial charge in [0.25, 0.3) is 0 Å². The summed E-state index contributed by atoms with van der Waals surface area (Å²) in [6, 6.07) is 0.279. The minimum Gasteiger partial charge on any atom is -0.478 e. The van der Waals surface area contributed by atoms with Crippen LogP contribution >= 0.6 is 0 Å². The highest BCUT2D eigenvalue weighted by Crippen LogP contribution is 2.35. The Bertz CT molecular complexity index is 678. The molecule has 0 amide bonds. The van der Waals surface area contributed by atoms with Gasteiger partial charge in [-0.3, -0.25) is 4.68 Å². The van der Waals surface area contributed by atoms with Crippen molar-refractivity contribution >= 4 is 22.7 Å². The van der Waals surface area contributed by atoms with Crippen LogP contribution < -0.4 is 4.90 Å². The molecule has 2 aromatic rings. The molecule has 2 N–H and O–H groups in total. The van der Waals surface area contributed by atoms with Crippen molar-refractivity contribution in [1.82, 2.24) is 14.8 Å². The van der Waals surface area contributed by atoms with Crippen molar-refractivity contribution in [1.29, 1.82) is 0 Å². The Hall–Kier alpha value is -2.15. The smallest absolute Gasteiger partial charge is 0.339 e. The first-order chi connectivity index (χ1) is 10.1. The van der Waals surface area contributed by atoms with Crippen LogP contribution in [0.5, 0.6) is 0 Å². The molecule has 21 heavy (non-hydrogen) atoms. The van der Waals surface area contributed by atoms with Crippen molar-refractivity contribution in [3.05, 3.63) is 18.0 Å². The summed E-state index contributed by atoms with van der Waals surface area (Å²) in [5.74, 6) is -1.01. The number of carboxylic acid groups (broad SMARTS) is 1. The second-order valence-corrected chi connectivity index (χ2v) is 5.33. The molecule has 0 aliphatic heterocycles. The van der Waals surface area contributed by atoms with Gasteiger partial charge in [0, 0.05) is 25.8 Å². The van der Waals surface area contributed by atoms with E-state index < -0.39 is 5.97 Å². The van der Waals surface area contributed by atoms with E-state index in [1.54, 1.807) is 17.9 Å². The van der Waals surface area contributed by atoms with E-state index in [4.69, 9.17) is 0 Å². The van der Waals surface area contributed by atoms with Crippen molar-refractivity contribution in [2.45, 2.75) is 25.3 Å². The van der Waals surface area contributed by atoms with Gasteiger partial charge in [0.1, 0.15) is 5.56 Å². The van der Waals surface area contributed by atoms with Gasteiger partial charge < -0.3 is 15.1 Å². The zero-order chi connectivity index (χ0) is 15.0. The normalized spacial score (nSPS) is 15.1. The first kappa shape index (κ1) is 13.8. The number of fused-ring (bicyclic) bond motifs is 1. The molecule has 112 valence electrons. The molecule has 1 fully saturated rings. The van der Waals surface area contributed by atoms with E-state index in [-0.39, 0.29) is 18.2 Å². The maximum Gasteiger partial charge on any atom is 0.339 e. The van der Waals surface area contributed by atoms with Gasteiger partial charge in [0.2, 0.25) is 0 Å². The van der Waals surface area contributed by atoms with E-state index in [0.717, 1.165) is 24.6 Å². The molecule has 2 heterocycles. The fraction of sp³-hybridized carbons (Fsp3) is 0.500. The van der Waals surface area contributed by atoms with E-state index >= 15 is 0 Å². The number of anilines is 1. The monoisotopic (exact) mass is 290 g/mol. The molecule has 0 unspecified atom stereocenters. The van der Waals surface area contributed by atoms with Crippen LogP contribution in [0, 0.1) is 0 Å². The van der Waals surface area contributed by atoms with Crippen molar-refractivity contribution in [2.24, 2.45) is 7.05 Å². The van der Waals surface area contributed by atoms with Gasteiger partial charge in [0.05, 0.1) is 23.9 Å². The van der Waals surface area contributed by atoms with Gasteiger partial charge in [0.15, 0.2) is 5.65 Å². The number of aromatic nitrogens is 3. The molecule has 0 radical (unpaired) electrons. The second kappa shape index (κ2) is 5.33. The third-order valence-corrected chi connectivity index (χ3v) is 4.11. The molecule has 3 rings (SSSR count). The van der Waals surface area contributed by atoms with Crippen LogP contribution in [0.3, 0.4) is 0 Å². The predicted octanol–water partition coefficient (Wildman–Crippen LogP) is 1.02. The third kappa shape index (κ3) is 2.23. The van der Waals surface area contributed by atoms with Gasteiger partial charge in [-0.1, -0.05) is 0 Å². The average molecular weight is 290 g/mol. The van der Waals surface area contributed by atoms with E-state index in [1.807, 2.05) is 4.90 Å². The molecular formula is C14H18N4O3. The van der Waals surface area contributed by atoms with Crippen LogP contribution in [-0.2, 0) is 7.05 Å². The molecule has 0 atom stereocenters. The first-order valence-corrected chi connectivity index (χ1v) is 7.05. The van der Waals surface area contributed by atoms with Crippen LogP contribution in [0.4, 0.5) is 5.69 Å². The molecule has 0 bridgehead atoms. The lowest BCUT2D eigenvalue weighted by molar-refractivity contribution is 0.0697. The first-order valence-electron chi connectivity index (χ1n) is 7.05. The predicted molar refractivity (Wildman–Crippen MR) is 77.5 cm³/mol. The lowest BCUT2D eigenvalue weighted by Crippen LogP contribution is -2.42. The summed E-state index contributed by atoms with van der Waals surface area (Å²) in [7, 11) is 1.78. The molecule has 0 saturated heterocycles. The van der Waals surface area contributed by atoms with Crippen molar-refractivity contribution in [3.8, 4) is 0 Å². The average Bonchev–Trinajstić information content (AvgIpc) is 2.77. The summed E-state index contributed by atoms with van der Waals surface area (Å²) in [6.07, 6.45) is 6.19. The van der Waals surface area contributed by atoms with Crippen LogP contribution in [-0.4, -0.2) is 50.1 Å². The Morgan fingerprint density at radius 1 is 1.48 bits per heavy atom. The number of aliphatic hydroxyl groups is 1. The number of aromatic carboxylic acids is 1. The fourth-order valence-corrected chi connectivity index (χ4v) is 2.83. The Labute approximate surface area is 121 Å². The van der Waals surface area contributed by atoms with Crippen LogP contribution in [0.15, 0.2) is 12.4 Å². The number of hydrogen-bond donors (Lipinski definition) is 2. The van der Waals surface area contributed by atoms with E-state index in [9.17, 15) is 15.0 Å². The number of carbonyl (C=O) groups is 1. The second-order valence-electron chi connectivity index (χ2n) is 5.33. The van der Waals surface area contributed by atoms with Gasteiger partial charge in [-0.25, -0.2) is 9.78 Å². The van der Waals surface area contributed by atoms with Crippen molar-refractivity contribution in [3.63, 3.8) is 0 Å². The number of hydrogen-bond acceptors (Lipinski definition) is 5. The maximum atomic E-state index is 11.6. The number of rotatable bonds is 5. The zero-order valence-electron chi connectivity index (χ0n) is 11.9. The number of aryl methyl sites for hydroxylation is 1. The summed E-state index contributed by atoms with van der Waals surface area (Å²) in [5.41, 5.74) is 1.44. The lowest BCUT2D eigenvalue weighted by atomic mass is 9.90. The number of aliphatic hydroxyl groups excluding tert-OH is 1. The van der Waals surface area contributed by atoms with E-state index in [1.165, 1.54) is 6.20 Å². The summed E-state index contributed by atoms with van der Waals surface area (Å²) < 4.78 is 1.63. The largest absolute Gasteiger partial charge is 0.478 e. The van der Waals surface area contributed by atoms with E-state index in [0.29, 0.717) is 17.9 Å². The minimum absolute atomic E-state index is 0.0142. The Kier molecular flexibility index (Phi) is 3.50. The molecular weight excluding hydrogens is 272 g/mol. The SMILES string of the molecule is Cn1ncc2c(N(CCO)C3CCC3)c(C(=O)O)cnc21. The minimum atomic E-state index is -1.01. The molecule has 2 aromatic heterocycles. The van der Waals surface area contributed by atoms with Gasteiger partial charge >= 0.3 is 5.97 Å². The molecule has 1 aliphatic carbocycles. The highest BCUT2D eigenvalue weighted by Gasteiger charge is 2.30. The topological polar surface area (TPSA) is 91.5 Å². The zero-order valence-corrected chi connectivity index (χ0v) is 11.9. The molecule has 7 nitrogen and oxygen atoms in total. The quantitative estimate of drug-likeness (QED) is 0.854. The third-order valence-electron chi connectivity index (χ3n) is 4.11. The van der Waals surface area contributed by atoms with Gasteiger partial charge in [-0.2, -0.15) is 5.10 Å². The molecule has 0 aromatic carbocycles. The molecule has 1 saturated carbocycles. The molecule has 1 aliphatic rings. The fourth-order valence-electron chi connectivity index (χ4n) is 2.83. The maximum absolute atomic E-state index is 11.6. The summed E-state index contributed by atoms with van der Waals surface area (Å²) in [6.45, 7) is 0.401. The number of carboxylic acids is 1. The van der Waals surface area contributed by atoms with E-state index in [2.05, 4.69) is 10.1 Å². The Morgan fingerprint density at radius 3 is 2.81 bits per heavy atom. The Morgan fingerprint density at radius 2 is 2.24 bits per heavy atom. The lowest BCUT2D eigenvalue weighted by Gasteiger charge is -2.39.